The zero-order valence-corrected chi connectivity index (χ0v) is 9.76. The van der Waals surface area contributed by atoms with Crippen molar-refractivity contribution in [1.82, 2.24) is 0 Å². The molecule has 84 valence electrons. The van der Waals surface area contributed by atoms with Gasteiger partial charge < -0.3 is 15.6 Å². The summed E-state index contributed by atoms with van der Waals surface area (Å²) in [5.74, 6) is 0.586. The summed E-state index contributed by atoms with van der Waals surface area (Å²) in [4.78, 5) is 11.1. The number of carbonyl (C=O) groups excluding carboxylic acids is 1. The van der Waals surface area contributed by atoms with Gasteiger partial charge in [-0.15, -0.1) is 0 Å². The maximum atomic E-state index is 11.1. The van der Waals surface area contributed by atoms with Crippen LogP contribution < -0.4 is 5.73 Å². The van der Waals surface area contributed by atoms with E-state index in [4.69, 9.17) is 5.73 Å². The average molecular weight is 221 g/mol. The third kappa shape index (κ3) is 5.47. The van der Waals surface area contributed by atoms with Crippen molar-refractivity contribution in [3.05, 3.63) is 0 Å². The topological polar surface area (TPSA) is 72.5 Å². The van der Waals surface area contributed by atoms with E-state index >= 15 is 0 Å². The Morgan fingerprint density at radius 1 is 1.71 bits per heavy atom. The van der Waals surface area contributed by atoms with Gasteiger partial charge in [-0.1, -0.05) is 0 Å². The quantitative estimate of drug-likeness (QED) is 0.501. The Balaban J connectivity index is 3.71. The number of esters is 1. The Morgan fingerprint density at radius 2 is 2.29 bits per heavy atom. The molecular formula is C9H19NO3S. The minimum Gasteiger partial charge on any atom is -0.467 e. The summed E-state index contributed by atoms with van der Waals surface area (Å²) < 4.78 is 4.47. The van der Waals surface area contributed by atoms with E-state index < -0.39 is 11.6 Å². The van der Waals surface area contributed by atoms with E-state index in [9.17, 15) is 9.90 Å². The van der Waals surface area contributed by atoms with Crippen LogP contribution in [0.2, 0.25) is 0 Å². The first kappa shape index (κ1) is 13.7. The van der Waals surface area contributed by atoms with Crippen molar-refractivity contribution in [2.45, 2.75) is 31.9 Å². The molecule has 0 spiro atoms. The van der Waals surface area contributed by atoms with Crippen molar-refractivity contribution in [2.75, 3.05) is 18.6 Å². The molecule has 0 rings (SSSR count). The molecule has 0 aromatic rings. The number of ether oxygens (including phenoxy) is 1. The molecule has 2 atom stereocenters. The van der Waals surface area contributed by atoms with E-state index in [0.29, 0.717) is 5.75 Å². The van der Waals surface area contributed by atoms with Crippen LogP contribution in [0, 0.1) is 0 Å². The normalized spacial score (nSPS) is 17.2. The molecule has 14 heavy (non-hydrogen) atoms. The summed E-state index contributed by atoms with van der Waals surface area (Å²) in [6, 6.07) is 0.158. The Morgan fingerprint density at radius 3 is 2.71 bits per heavy atom. The average Bonchev–Trinajstić information content (AvgIpc) is 2.10. The highest BCUT2D eigenvalue weighted by molar-refractivity contribution is 7.99. The molecule has 2 unspecified atom stereocenters. The van der Waals surface area contributed by atoms with Crippen molar-refractivity contribution in [3.8, 4) is 0 Å². The van der Waals surface area contributed by atoms with Gasteiger partial charge in [0, 0.05) is 11.8 Å². The molecule has 0 saturated heterocycles. The fraction of sp³-hybridized carbons (Fsp3) is 0.889. The summed E-state index contributed by atoms with van der Waals surface area (Å²) >= 11 is 1.50. The lowest BCUT2D eigenvalue weighted by Crippen LogP contribution is -2.39. The Labute approximate surface area is 89.2 Å². The van der Waals surface area contributed by atoms with E-state index in [1.165, 1.54) is 25.8 Å². The van der Waals surface area contributed by atoms with Gasteiger partial charge >= 0.3 is 5.97 Å². The van der Waals surface area contributed by atoms with Crippen LogP contribution in [0.15, 0.2) is 0 Å². The molecule has 0 aliphatic heterocycles. The minimum absolute atomic E-state index is 0.158. The van der Waals surface area contributed by atoms with Gasteiger partial charge in [0.05, 0.1) is 7.11 Å². The predicted octanol–water partition coefficient (Wildman–Crippen LogP) is 0.381. The van der Waals surface area contributed by atoms with Crippen LogP contribution in [0.5, 0.6) is 0 Å². The first-order valence-corrected chi connectivity index (χ1v) is 5.69. The van der Waals surface area contributed by atoms with Gasteiger partial charge in [-0.2, -0.15) is 11.8 Å². The lowest BCUT2D eigenvalue weighted by molar-refractivity contribution is -0.158. The Bertz CT molecular complexity index is 183. The number of hydrogen-bond acceptors (Lipinski definition) is 5. The molecule has 0 bridgehead atoms. The molecule has 0 radical (unpaired) electrons. The monoisotopic (exact) mass is 221 g/mol. The summed E-state index contributed by atoms with van der Waals surface area (Å²) in [5, 5.41) is 9.62. The van der Waals surface area contributed by atoms with Gasteiger partial charge in [-0.25, -0.2) is 4.79 Å². The zero-order valence-electron chi connectivity index (χ0n) is 8.95. The fourth-order valence-electron chi connectivity index (χ4n) is 0.819. The van der Waals surface area contributed by atoms with E-state index in [1.54, 1.807) is 0 Å². The second-order valence-electron chi connectivity index (χ2n) is 3.58. The van der Waals surface area contributed by atoms with Crippen LogP contribution in [0.3, 0.4) is 0 Å². The molecule has 0 amide bonds. The molecule has 5 heteroatoms. The molecular weight excluding hydrogens is 202 g/mol. The molecule has 4 nitrogen and oxygen atoms in total. The fourth-order valence-corrected chi connectivity index (χ4v) is 2.02. The summed E-state index contributed by atoms with van der Waals surface area (Å²) in [6.45, 7) is 3.39. The van der Waals surface area contributed by atoms with Crippen molar-refractivity contribution >= 4 is 17.7 Å². The summed E-state index contributed by atoms with van der Waals surface area (Å²) in [7, 11) is 1.27. The molecule has 0 fully saturated rings. The minimum atomic E-state index is -1.39. The first-order chi connectivity index (χ1) is 6.40. The Kier molecular flexibility index (Phi) is 6.15. The van der Waals surface area contributed by atoms with Gasteiger partial charge in [0.25, 0.3) is 0 Å². The molecule has 0 aliphatic rings. The van der Waals surface area contributed by atoms with Gasteiger partial charge in [-0.05, 0) is 26.0 Å². The molecule has 3 N–H and O–H groups in total. The highest BCUT2D eigenvalue weighted by Crippen LogP contribution is 2.15. The molecule has 0 heterocycles. The SMILES string of the molecule is COC(=O)C(C)(O)CSCCC(C)N. The number of carbonyl (C=O) groups is 1. The summed E-state index contributed by atoms with van der Waals surface area (Å²) in [5.41, 5.74) is 4.17. The predicted molar refractivity (Wildman–Crippen MR) is 58.2 cm³/mol. The van der Waals surface area contributed by atoms with Crippen LogP contribution >= 0.6 is 11.8 Å². The van der Waals surface area contributed by atoms with Crippen molar-refractivity contribution in [1.29, 1.82) is 0 Å². The number of methoxy groups -OCH3 is 1. The molecule has 0 aliphatic carbocycles. The zero-order chi connectivity index (χ0) is 11.2. The number of hydrogen-bond donors (Lipinski definition) is 2. The van der Waals surface area contributed by atoms with Gasteiger partial charge in [0.1, 0.15) is 0 Å². The van der Waals surface area contributed by atoms with Crippen molar-refractivity contribution < 1.29 is 14.6 Å². The van der Waals surface area contributed by atoms with Crippen LogP contribution in [-0.4, -0.2) is 41.3 Å². The van der Waals surface area contributed by atoms with Crippen molar-refractivity contribution in [3.63, 3.8) is 0 Å². The van der Waals surface area contributed by atoms with Crippen molar-refractivity contribution in [2.24, 2.45) is 5.73 Å². The van der Waals surface area contributed by atoms with E-state index in [2.05, 4.69) is 4.74 Å². The lowest BCUT2D eigenvalue weighted by Gasteiger charge is -2.19. The van der Waals surface area contributed by atoms with E-state index in [-0.39, 0.29) is 6.04 Å². The van der Waals surface area contributed by atoms with Gasteiger partial charge in [0.15, 0.2) is 5.60 Å². The van der Waals surface area contributed by atoms with Gasteiger partial charge in [-0.3, -0.25) is 0 Å². The Hall–Kier alpha value is -0.260. The molecule has 0 saturated carbocycles. The second-order valence-corrected chi connectivity index (χ2v) is 4.69. The van der Waals surface area contributed by atoms with Gasteiger partial charge in [0.2, 0.25) is 0 Å². The standard InChI is InChI=1S/C9H19NO3S/c1-7(10)4-5-14-6-9(2,12)8(11)13-3/h7,12H,4-6,10H2,1-3H3. The number of aliphatic hydroxyl groups is 1. The first-order valence-electron chi connectivity index (χ1n) is 4.54. The second kappa shape index (κ2) is 6.27. The third-order valence-electron chi connectivity index (χ3n) is 1.73. The van der Waals surface area contributed by atoms with Crippen LogP contribution in [0.25, 0.3) is 0 Å². The third-order valence-corrected chi connectivity index (χ3v) is 3.02. The largest absolute Gasteiger partial charge is 0.467 e. The van der Waals surface area contributed by atoms with Crippen LogP contribution in [-0.2, 0) is 9.53 Å². The summed E-state index contributed by atoms with van der Waals surface area (Å²) in [6.07, 6.45) is 0.877. The number of rotatable bonds is 6. The number of nitrogens with two attached hydrogens (primary N) is 1. The highest BCUT2D eigenvalue weighted by atomic mass is 32.2. The van der Waals surface area contributed by atoms with Crippen LogP contribution in [0.1, 0.15) is 20.3 Å². The lowest BCUT2D eigenvalue weighted by atomic mass is 10.1. The highest BCUT2D eigenvalue weighted by Gasteiger charge is 2.30. The van der Waals surface area contributed by atoms with Crippen LogP contribution in [0.4, 0.5) is 0 Å². The van der Waals surface area contributed by atoms with E-state index in [0.717, 1.165) is 12.2 Å². The maximum Gasteiger partial charge on any atom is 0.338 e. The molecule has 0 aromatic heterocycles. The molecule has 0 aromatic carbocycles. The number of thioether (sulfide) groups is 1. The smallest absolute Gasteiger partial charge is 0.338 e. The van der Waals surface area contributed by atoms with E-state index in [1.807, 2.05) is 6.92 Å². The maximum absolute atomic E-state index is 11.1.